The first-order chi connectivity index (χ1) is 9.22. The summed E-state index contributed by atoms with van der Waals surface area (Å²) in [4.78, 5) is 14.3. The van der Waals surface area contributed by atoms with Crippen molar-refractivity contribution in [3.05, 3.63) is 29.8 Å². The summed E-state index contributed by atoms with van der Waals surface area (Å²) < 4.78 is 0. The van der Waals surface area contributed by atoms with Crippen LogP contribution in [0.5, 0.6) is 5.75 Å². The highest BCUT2D eigenvalue weighted by Crippen LogP contribution is 2.25. The Bertz CT molecular complexity index is 430. The van der Waals surface area contributed by atoms with Gasteiger partial charge in [-0.3, -0.25) is 4.79 Å². The average molecular weight is 282 g/mol. The van der Waals surface area contributed by atoms with E-state index in [0.717, 1.165) is 12.8 Å². The van der Waals surface area contributed by atoms with Crippen LogP contribution in [0.2, 0.25) is 0 Å². The highest BCUT2D eigenvalue weighted by Gasteiger charge is 2.26. The van der Waals surface area contributed by atoms with Gasteiger partial charge in [0.05, 0.1) is 6.42 Å². The van der Waals surface area contributed by atoms with E-state index in [4.69, 9.17) is 11.6 Å². The molecule has 0 saturated heterocycles. The summed E-state index contributed by atoms with van der Waals surface area (Å²) in [6.45, 7) is 0.596. The second kappa shape index (κ2) is 6.80. The Morgan fingerprint density at radius 1 is 1.32 bits per heavy atom. The van der Waals surface area contributed by atoms with Gasteiger partial charge in [0.2, 0.25) is 5.91 Å². The number of nitrogens with zero attached hydrogens (tertiary/aromatic N) is 1. The number of carbonyl (C=O) groups is 1. The maximum atomic E-state index is 12.4. The van der Waals surface area contributed by atoms with Crippen LogP contribution in [0.15, 0.2) is 24.3 Å². The Morgan fingerprint density at radius 2 is 2.00 bits per heavy atom. The molecule has 1 aliphatic rings. The highest BCUT2D eigenvalue weighted by atomic mass is 35.5. The van der Waals surface area contributed by atoms with Crippen molar-refractivity contribution in [2.24, 2.45) is 0 Å². The molecule has 0 bridgehead atoms. The Balaban J connectivity index is 2.05. The van der Waals surface area contributed by atoms with Crippen LogP contribution >= 0.6 is 11.6 Å². The zero-order valence-corrected chi connectivity index (χ0v) is 11.8. The first-order valence-electron chi connectivity index (χ1n) is 6.84. The zero-order chi connectivity index (χ0) is 13.7. The fraction of sp³-hybridized carbons (Fsp3) is 0.533. The van der Waals surface area contributed by atoms with Gasteiger partial charge in [-0.05, 0) is 18.9 Å². The fourth-order valence-corrected chi connectivity index (χ4v) is 2.92. The van der Waals surface area contributed by atoms with Crippen molar-refractivity contribution in [3.8, 4) is 5.75 Å². The van der Waals surface area contributed by atoms with Gasteiger partial charge in [0.1, 0.15) is 5.75 Å². The number of carbonyl (C=O) groups excluding carboxylic acids is 1. The first kappa shape index (κ1) is 14.2. The van der Waals surface area contributed by atoms with Crippen molar-refractivity contribution < 1.29 is 9.90 Å². The van der Waals surface area contributed by atoms with Crippen LogP contribution < -0.4 is 0 Å². The van der Waals surface area contributed by atoms with Crippen molar-refractivity contribution in [1.29, 1.82) is 0 Å². The number of para-hydroxylation sites is 1. The molecule has 3 nitrogen and oxygen atoms in total. The minimum atomic E-state index is 0.0639. The van der Waals surface area contributed by atoms with Crippen LogP contribution in [-0.2, 0) is 11.2 Å². The molecule has 0 spiro atoms. The molecule has 1 aromatic rings. The van der Waals surface area contributed by atoms with E-state index in [0.29, 0.717) is 24.0 Å². The topological polar surface area (TPSA) is 40.5 Å². The molecule has 1 aliphatic carbocycles. The SMILES string of the molecule is O=C(Cc1ccccc1O)N(CCCl)C1CCCC1. The van der Waals surface area contributed by atoms with Gasteiger partial charge >= 0.3 is 0 Å². The molecular formula is C15H20ClNO2. The van der Waals surface area contributed by atoms with Gasteiger partial charge in [-0.25, -0.2) is 0 Å². The summed E-state index contributed by atoms with van der Waals surface area (Å²) in [6.07, 6.45) is 4.77. The number of hydrogen-bond donors (Lipinski definition) is 1. The van der Waals surface area contributed by atoms with Crippen LogP contribution in [0.25, 0.3) is 0 Å². The van der Waals surface area contributed by atoms with Crippen LogP contribution in [-0.4, -0.2) is 34.4 Å². The van der Waals surface area contributed by atoms with E-state index < -0.39 is 0 Å². The predicted molar refractivity (Wildman–Crippen MR) is 76.5 cm³/mol. The lowest BCUT2D eigenvalue weighted by Gasteiger charge is -2.28. The Morgan fingerprint density at radius 3 is 2.63 bits per heavy atom. The summed E-state index contributed by atoms with van der Waals surface area (Å²) in [5, 5.41) is 9.74. The molecular weight excluding hydrogens is 262 g/mol. The van der Waals surface area contributed by atoms with Gasteiger partial charge in [-0.2, -0.15) is 0 Å². The summed E-state index contributed by atoms with van der Waals surface area (Å²) in [5.74, 6) is 0.713. The molecule has 1 aromatic carbocycles. The smallest absolute Gasteiger partial charge is 0.227 e. The van der Waals surface area contributed by atoms with Crippen molar-refractivity contribution in [2.75, 3.05) is 12.4 Å². The van der Waals surface area contributed by atoms with Crippen LogP contribution in [0.3, 0.4) is 0 Å². The van der Waals surface area contributed by atoms with Gasteiger partial charge in [0.25, 0.3) is 0 Å². The molecule has 0 radical (unpaired) electrons. The maximum absolute atomic E-state index is 12.4. The molecule has 19 heavy (non-hydrogen) atoms. The number of amides is 1. The lowest BCUT2D eigenvalue weighted by molar-refractivity contribution is -0.132. The lowest BCUT2D eigenvalue weighted by Crippen LogP contribution is -2.41. The second-order valence-electron chi connectivity index (χ2n) is 5.02. The molecule has 0 atom stereocenters. The normalized spacial score (nSPS) is 15.6. The molecule has 0 aromatic heterocycles. The molecule has 1 saturated carbocycles. The van der Waals surface area contributed by atoms with Gasteiger partial charge in [0, 0.05) is 24.0 Å². The molecule has 0 unspecified atom stereocenters. The monoisotopic (exact) mass is 281 g/mol. The van der Waals surface area contributed by atoms with Crippen LogP contribution in [0.1, 0.15) is 31.2 Å². The summed E-state index contributed by atoms with van der Waals surface area (Å²) in [5.41, 5.74) is 0.685. The minimum absolute atomic E-state index is 0.0639. The molecule has 4 heteroatoms. The molecule has 104 valence electrons. The van der Waals surface area contributed by atoms with Gasteiger partial charge in [-0.15, -0.1) is 11.6 Å². The van der Waals surface area contributed by atoms with E-state index in [9.17, 15) is 9.90 Å². The quantitative estimate of drug-likeness (QED) is 0.843. The molecule has 1 amide bonds. The first-order valence-corrected chi connectivity index (χ1v) is 7.38. The third-order valence-electron chi connectivity index (χ3n) is 3.74. The molecule has 1 N–H and O–H groups in total. The number of rotatable bonds is 5. The number of alkyl halides is 1. The maximum Gasteiger partial charge on any atom is 0.227 e. The standard InChI is InChI=1S/C15H20ClNO2/c16-9-10-17(13-6-2-3-7-13)15(19)11-12-5-1-4-8-14(12)18/h1,4-5,8,13,18H,2-3,6-7,9-11H2. The van der Waals surface area contributed by atoms with Crippen molar-refractivity contribution in [1.82, 2.24) is 4.90 Å². The summed E-state index contributed by atoms with van der Waals surface area (Å²) >= 11 is 5.81. The number of phenols is 1. The van der Waals surface area contributed by atoms with Crippen molar-refractivity contribution in [3.63, 3.8) is 0 Å². The molecule has 2 rings (SSSR count). The summed E-state index contributed by atoms with van der Waals surface area (Å²) in [7, 11) is 0. The fourth-order valence-electron chi connectivity index (χ4n) is 2.74. The average Bonchev–Trinajstić information content (AvgIpc) is 2.92. The van der Waals surface area contributed by atoms with Gasteiger partial charge < -0.3 is 10.0 Å². The largest absolute Gasteiger partial charge is 0.508 e. The molecule has 1 fully saturated rings. The van der Waals surface area contributed by atoms with Crippen molar-refractivity contribution >= 4 is 17.5 Å². The van der Waals surface area contributed by atoms with E-state index in [1.165, 1.54) is 12.8 Å². The van der Waals surface area contributed by atoms with E-state index in [1.54, 1.807) is 18.2 Å². The minimum Gasteiger partial charge on any atom is -0.508 e. The number of hydrogen-bond acceptors (Lipinski definition) is 2. The Kier molecular flexibility index (Phi) is 5.08. The van der Waals surface area contributed by atoms with E-state index in [-0.39, 0.29) is 18.1 Å². The third-order valence-corrected chi connectivity index (χ3v) is 3.91. The van der Waals surface area contributed by atoms with Crippen LogP contribution in [0, 0.1) is 0 Å². The number of aromatic hydroxyl groups is 1. The molecule has 0 aliphatic heterocycles. The zero-order valence-electron chi connectivity index (χ0n) is 11.0. The second-order valence-corrected chi connectivity index (χ2v) is 5.40. The van der Waals surface area contributed by atoms with E-state index >= 15 is 0 Å². The number of phenolic OH excluding ortho intramolecular Hbond substituents is 1. The Hall–Kier alpha value is -1.22. The van der Waals surface area contributed by atoms with Crippen molar-refractivity contribution in [2.45, 2.75) is 38.1 Å². The lowest BCUT2D eigenvalue weighted by atomic mass is 10.1. The highest BCUT2D eigenvalue weighted by molar-refractivity contribution is 6.18. The third kappa shape index (κ3) is 3.63. The number of benzene rings is 1. The van der Waals surface area contributed by atoms with Gasteiger partial charge in [0.15, 0.2) is 0 Å². The predicted octanol–water partition coefficient (Wildman–Crippen LogP) is 2.94. The van der Waals surface area contributed by atoms with Crippen LogP contribution in [0.4, 0.5) is 0 Å². The van der Waals surface area contributed by atoms with E-state index in [2.05, 4.69) is 0 Å². The number of halogens is 1. The molecule has 0 heterocycles. The van der Waals surface area contributed by atoms with E-state index in [1.807, 2.05) is 11.0 Å². The van der Waals surface area contributed by atoms with Gasteiger partial charge in [-0.1, -0.05) is 31.0 Å². The Labute approximate surface area is 119 Å². The summed E-state index contributed by atoms with van der Waals surface area (Å²) in [6, 6.07) is 7.34.